The normalized spacial score (nSPS) is 14.3. The van der Waals surface area contributed by atoms with E-state index in [1.165, 1.54) is 0 Å². The number of rotatable bonds is 5. The van der Waals surface area contributed by atoms with Gasteiger partial charge >= 0.3 is 0 Å². The van der Waals surface area contributed by atoms with Crippen LogP contribution in [0.3, 0.4) is 0 Å². The number of nitrogens with zero attached hydrogens (tertiary/aromatic N) is 1. The van der Waals surface area contributed by atoms with Crippen molar-refractivity contribution in [2.24, 2.45) is 10.8 Å². The van der Waals surface area contributed by atoms with Crippen LogP contribution in [0.1, 0.15) is 6.92 Å². The average molecular weight is 210 g/mol. The van der Waals surface area contributed by atoms with E-state index in [1.807, 2.05) is 6.92 Å². The van der Waals surface area contributed by atoms with E-state index in [4.69, 9.17) is 10.6 Å². The van der Waals surface area contributed by atoms with Gasteiger partial charge < -0.3 is 10.1 Å². The third kappa shape index (κ3) is 6.55. The molecule has 0 saturated heterocycles. The minimum Gasteiger partial charge on any atom is -0.383 e. The van der Waals surface area contributed by atoms with Crippen molar-refractivity contribution in [3.8, 4) is 0 Å². The third-order valence-corrected chi connectivity index (χ3v) is 1.32. The van der Waals surface area contributed by atoms with E-state index in [2.05, 4.69) is 15.7 Å². The lowest BCUT2D eigenvalue weighted by Crippen LogP contribution is -2.47. The molecule has 5 nitrogen and oxygen atoms in total. The van der Waals surface area contributed by atoms with Crippen LogP contribution in [0.15, 0.2) is 4.99 Å². The molecule has 1 unspecified atom stereocenters. The third-order valence-electron chi connectivity index (χ3n) is 1.32. The Labute approximate surface area is 81.7 Å². The van der Waals surface area contributed by atoms with Crippen LogP contribution in [0.25, 0.3) is 0 Å². The summed E-state index contributed by atoms with van der Waals surface area (Å²) in [7, 11) is 1.55. The van der Waals surface area contributed by atoms with Crippen LogP contribution in [0.2, 0.25) is 0 Å². The number of halogens is 2. The van der Waals surface area contributed by atoms with Gasteiger partial charge in [0, 0.05) is 13.2 Å². The van der Waals surface area contributed by atoms with Gasteiger partial charge in [-0.25, -0.2) is 19.6 Å². The van der Waals surface area contributed by atoms with Gasteiger partial charge in [-0.05, 0) is 6.92 Å². The zero-order valence-electron chi connectivity index (χ0n) is 8.26. The molecule has 0 aliphatic rings. The highest BCUT2D eigenvalue weighted by molar-refractivity contribution is 5.79. The van der Waals surface area contributed by atoms with Gasteiger partial charge in [-0.15, -0.1) is 0 Å². The van der Waals surface area contributed by atoms with E-state index >= 15 is 0 Å². The van der Waals surface area contributed by atoms with E-state index in [1.54, 1.807) is 7.11 Å². The fraction of sp³-hybridized carbons (Fsp3) is 0.857. The Morgan fingerprint density at radius 2 is 2.21 bits per heavy atom. The standard InChI is InChI=1S/C7H16F2N4O/c1-5(4-14-2)12-7(13-10)11-3-6(8)9/h5-6H,3-4,10H2,1-2H3,(H2,11,12,13). The number of hydrazine groups is 1. The average Bonchev–Trinajstić information content (AvgIpc) is 2.12. The van der Waals surface area contributed by atoms with E-state index < -0.39 is 13.0 Å². The van der Waals surface area contributed by atoms with Crippen molar-refractivity contribution in [1.82, 2.24) is 10.7 Å². The Bertz CT molecular complexity index is 177. The molecule has 0 heterocycles. The number of hydrogen-bond acceptors (Lipinski definition) is 3. The maximum absolute atomic E-state index is 11.8. The summed E-state index contributed by atoms with van der Waals surface area (Å²) in [5.74, 6) is 5.21. The van der Waals surface area contributed by atoms with Gasteiger partial charge in [0.25, 0.3) is 6.43 Å². The number of guanidine groups is 1. The number of nitrogens with two attached hydrogens (primary N) is 1. The van der Waals surface area contributed by atoms with Gasteiger partial charge in [-0.3, -0.25) is 5.43 Å². The molecule has 0 aliphatic carbocycles. The zero-order valence-corrected chi connectivity index (χ0v) is 8.26. The highest BCUT2D eigenvalue weighted by Crippen LogP contribution is 1.91. The minimum absolute atomic E-state index is 0.0486. The van der Waals surface area contributed by atoms with Crippen molar-refractivity contribution >= 4 is 5.96 Å². The highest BCUT2D eigenvalue weighted by atomic mass is 19.3. The summed E-state index contributed by atoms with van der Waals surface area (Å²) in [6.45, 7) is 1.68. The summed E-state index contributed by atoms with van der Waals surface area (Å²) in [6, 6.07) is -0.0486. The monoisotopic (exact) mass is 210 g/mol. The van der Waals surface area contributed by atoms with Crippen LogP contribution in [0, 0.1) is 0 Å². The molecule has 0 aliphatic heterocycles. The van der Waals surface area contributed by atoms with Crippen LogP contribution in [-0.2, 0) is 4.74 Å². The molecule has 4 N–H and O–H groups in total. The van der Waals surface area contributed by atoms with Gasteiger partial charge in [-0.1, -0.05) is 0 Å². The van der Waals surface area contributed by atoms with Crippen molar-refractivity contribution in [3.63, 3.8) is 0 Å². The second kappa shape index (κ2) is 7.45. The van der Waals surface area contributed by atoms with E-state index in [0.717, 1.165) is 0 Å². The topological polar surface area (TPSA) is 71.7 Å². The van der Waals surface area contributed by atoms with E-state index in [9.17, 15) is 8.78 Å². The Kier molecular flexibility index (Phi) is 6.95. The molecule has 0 amide bonds. The van der Waals surface area contributed by atoms with Crippen LogP contribution < -0.4 is 16.6 Å². The zero-order chi connectivity index (χ0) is 11.0. The Morgan fingerprint density at radius 3 is 2.64 bits per heavy atom. The molecular formula is C7H16F2N4O. The summed E-state index contributed by atoms with van der Waals surface area (Å²) in [6.07, 6.45) is -2.47. The predicted octanol–water partition coefficient (Wildman–Crippen LogP) is -0.305. The number of aliphatic imine (C=N–C) groups is 1. The SMILES string of the molecule is COCC(C)NC(=NCC(F)F)NN. The smallest absolute Gasteiger partial charge is 0.257 e. The Hall–Kier alpha value is -0.950. The van der Waals surface area contributed by atoms with Gasteiger partial charge in [0.2, 0.25) is 5.96 Å². The Balaban J connectivity index is 3.94. The number of alkyl halides is 2. The first-order valence-corrected chi connectivity index (χ1v) is 4.14. The molecule has 0 bridgehead atoms. The first-order chi connectivity index (χ1) is 6.60. The molecule has 0 radical (unpaired) electrons. The van der Waals surface area contributed by atoms with Gasteiger partial charge in [0.15, 0.2) is 0 Å². The lowest BCUT2D eigenvalue weighted by atomic mass is 10.4. The summed E-state index contributed by atoms with van der Waals surface area (Å²) in [5.41, 5.74) is 2.20. The largest absolute Gasteiger partial charge is 0.383 e. The second-order valence-corrected chi connectivity index (χ2v) is 2.73. The van der Waals surface area contributed by atoms with Crippen molar-refractivity contribution < 1.29 is 13.5 Å². The molecule has 14 heavy (non-hydrogen) atoms. The van der Waals surface area contributed by atoms with Crippen molar-refractivity contribution in [3.05, 3.63) is 0 Å². The highest BCUT2D eigenvalue weighted by Gasteiger charge is 2.05. The van der Waals surface area contributed by atoms with E-state index in [-0.39, 0.29) is 12.0 Å². The second-order valence-electron chi connectivity index (χ2n) is 2.73. The fourth-order valence-electron chi connectivity index (χ4n) is 0.818. The van der Waals surface area contributed by atoms with Gasteiger partial charge in [0.1, 0.15) is 6.54 Å². The van der Waals surface area contributed by atoms with E-state index in [0.29, 0.717) is 6.61 Å². The quantitative estimate of drug-likeness (QED) is 0.252. The number of methoxy groups -OCH3 is 1. The molecule has 0 rings (SSSR count). The molecule has 0 saturated carbocycles. The van der Waals surface area contributed by atoms with Crippen LogP contribution >= 0.6 is 0 Å². The molecule has 1 atom stereocenters. The maximum Gasteiger partial charge on any atom is 0.257 e. The minimum atomic E-state index is -2.47. The van der Waals surface area contributed by atoms with Crippen LogP contribution in [0.4, 0.5) is 8.78 Å². The van der Waals surface area contributed by atoms with Crippen molar-refractivity contribution in [1.29, 1.82) is 0 Å². The molecular weight excluding hydrogens is 194 g/mol. The fourth-order valence-corrected chi connectivity index (χ4v) is 0.818. The summed E-state index contributed by atoms with van der Waals surface area (Å²) in [5, 5.41) is 2.78. The molecule has 7 heteroatoms. The maximum atomic E-state index is 11.8. The summed E-state index contributed by atoms with van der Waals surface area (Å²) in [4.78, 5) is 3.53. The first kappa shape index (κ1) is 13.1. The molecule has 84 valence electrons. The van der Waals surface area contributed by atoms with Crippen molar-refractivity contribution in [2.45, 2.75) is 19.4 Å². The van der Waals surface area contributed by atoms with Crippen molar-refractivity contribution in [2.75, 3.05) is 20.3 Å². The lowest BCUT2D eigenvalue weighted by molar-refractivity contribution is 0.158. The van der Waals surface area contributed by atoms with Crippen LogP contribution in [-0.4, -0.2) is 38.7 Å². The van der Waals surface area contributed by atoms with Gasteiger partial charge in [-0.2, -0.15) is 0 Å². The number of hydrogen-bond donors (Lipinski definition) is 3. The first-order valence-electron chi connectivity index (χ1n) is 4.14. The van der Waals surface area contributed by atoms with Crippen LogP contribution in [0.5, 0.6) is 0 Å². The molecule has 0 aromatic carbocycles. The van der Waals surface area contributed by atoms with Gasteiger partial charge in [0.05, 0.1) is 6.61 Å². The predicted molar refractivity (Wildman–Crippen MR) is 50.1 cm³/mol. The number of nitrogens with one attached hydrogen (secondary N) is 2. The molecule has 0 fully saturated rings. The lowest BCUT2D eigenvalue weighted by Gasteiger charge is -2.15. The summed E-state index contributed by atoms with van der Waals surface area (Å²) < 4.78 is 28.4. The number of ether oxygens (including phenoxy) is 1. The molecule has 0 spiro atoms. The Morgan fingerprint density at radius 1 is 1.57 bits per heavy atom. The summed E-state index contributed by atoms with van der Waals surface area (Å²) >= 11 is 0. The molecule has 0 aromatic rings. The molecule has 0 aromatic heterocycles.